The molecule has 2 rings (SSSR count). The van der Waals surface area contributed by atoms with Crippen LogP contribution in [0.2, 0.25) is 0 Å². The maximum atomic E-state index is 10.7. The van der Waals surface area contributed by atoms with Gasteiger partial charge in [-0.2, -0.15) is 5.10 Å². The van der Waals surface area contributed by atoms with Gasteiger partial charge in [-0.1, -0.05) is 0 Å². The minimum atomic E-state index is 0.432. The van der Waals surface area contributed by atoms with Crippen molar-refractivity contribution in [2.45, 2.75) is 6.92 Å². The molecule has 0 fully saturated rings. The number of nitrogens with zero attached hydrogens (tertiary/aromatic N) is 1. The van der Waals surface area contributed by atoms with Gasteiger partial charge in [-0.05, 0) is 24.6 Å². The second kappa shape index (κ2) is 2.58. The number of carbonyl (C=O) groups excluding carboxylic acids is 1. The van der Waals surface area contributed by atoms with Gasteiger partial charge in [-0.3, -0.25) is 9.89 Å². The Labute approximate surface area is 74.7 Å². The molecule has 1 aromatic carbocycles. The standard InChI is InChI=1S/C9H9N3O/c1-5-2-6(4-13)8-7(3-5)9(10)12-11-8/h2-4H,1H3,(H3,10,11,12). The van der Waals surface area contributed by atoms with Crippen molar-refractivity contribution in [2.24, 2.45) is 0 Å². The quantitative estimate of drug-likeness (QED) is 0.641. The highest BCUT2D eigenvalue weighted by Gasteiger charge is 2.06. The van der Waals surface area contributed by atoms with Crippen molar-refractivity contribution in [1.82, 2.24) is 10.2 Å². The van der Waals surface area contributed by atoms with E-state index in [-0.39, 0.29) is 0 Å². The van der Waals surface area contributed by atoms with Crippen LogP contribution in [-0.4, -0.2) is 16.5 Å². The molecule has 0 aliphatic heterocycles. The zero-order valence-electron chi connectivity index (χ0n) is 7.16. The predicted octanol–water partition coefficient (Wildman–Crippen LogP) is 1.27. The van der Waals surface area contributed by atoms with Crippen molar-refractivity contribution in [3.63, 3.8) is 0 Å². The molecule has 4 nitrogen and oxygen atoms in total. The Morgan fingerprint density at radius 1 is 1.54 bits per heavy atom. The number of nitrogens with one attached hydrogen (secondary N) is 1. The number of aromatic nitrogens is 2. The Kier molecular flexibility index (Phi) is 1.55. The Hall–Kier alpha value is -1.84. The van der Waals surface area contributed by atoms with Crippen LogP contribution in [0.25, 0.3) is 10.9 Å². The lowest BCUT2D eigenvalue weighted by Gasteiger charge is -1.96. The number of aryl methyl sites for hydroxylation is 1. The highest BCUT2D eigenvalue weighted by atomic mass is 16.1. The van der Waals surface area contributed by atoms with Gasteiger partial charge in [-0.25, -0.2) is 0 Å². The number of H-pyrrole nitrogens is 1. The van der Waals surface area contributed by atoms with Crippen LogP contribution >= 0.6 is 0 Å². The summed E-state index contributed by atoms with van der Waals surface area (Å²) in [5.74, 6) is 0.432. The fraction of sp³-hybridized carbons (Fsp3) is 0.111. The zero-order valence-corrected chi connectivity index (χ0v) is 7.16. The largest absolute Gasteiger partial charge is 0.382 e. The summed E-state index contributed by atoms with van der Waals surface area (Å²) < 4.78 is 0. The Morgan fingerprint density at radius 2 is 2.31 bits per heavy atom. The fourth-order valence-corrected chi connectivity index (χ4v) is 1.41. The molecule has 0 amide bonds. The Bertz CT molecular complexity index is 473. The predicted molar refractivity (Wildman–Crippen MR) is 50.6 cm³/mol. The second-order valence-electron chi connectivity index (χ2n) is 3.00. The molecule has 66 valence electrons. The van der Waals surface area contributed by atoms with Crippen LogP contribution in [0, 0.1) is 6.92 Å². The topological polar surface area (TPSA) is 71.8 Å². The van der Waals surface area contributed by atoms with Crippen molar-refractivity contribution in [3.05, 3.63) is 23.3 Å². The summed E-state index contributed by atoms with van der Waals surface area (Å²) in [7, 11) is 0. The van der Waals surface area contributed by atoms with Crippen molar-refractivity contribution in [1.29, 1.82) is 0 Å². The molecule has 0 aliphatic carbocycles. The number of aldehydes is 1. The number of nitrogen functional groups attached to an aromatic ring is 1. The lowest BCUT2D eigenvalue weighted by atomic mass is 10.1. The zero-order chi connectivity index (χ0) is 9.42. The molecule has 0 spiro atoms. The molecule has 0 bridgehead atoms. The SMILES string of the molecule is Cc1cc(C=O)c2[nH]nc(N)c2c1. The van der Waals surface area contributed by atoms with Crippen molar-refractivity contribution in [2.75, 3.05) is 5.73 Å². The van der Waals surface area contributed by atoms with Gasteiger partial charge in [0.05, 0.1) is 5.52 Å². The average Bonchev–Trinajstić information content (AvgIpc) is 2.47. The molecule has 3 N–H and O–H groups in total. The number of hydrogen-bond donors (Lipinski definition) is 2. The number of nitrogens with two attached hydrogens (primary N) is 1. The van der Waals surface area contributed by atoms with Gasteiger partial charge in [0.25, 0.3) is 0 Å². The monoisotopic (exact) mass is 175 g/mol. The number of rotatable bonds is 1. The molecule has 1 aromatic heterocycles. The van der Waals surface area contributed by atoms with E-state index >= 15 is 0 Å². The van der Waals surface area contributed by atoms with E-state index < -0.39 is 0 Å². The third kappa shape index (κ3) is 1.07. The van der Waals surface area contributed by atoms with E-state index in [0.29, 0.717) is 16.9 Å². The average molecular weight is 175 g/mol. The summed E-state index contributed by atoms with van der Waals surface area (Å²) >= 11 is 0. The van der Waals surface area contributed by atoms with E-state index in [1.165, 1.54) is 0 Å². The van der Waals surface area contributed by atoms with Crippen LogP contribution in [0.4, 0.5) is 5.82 Å². The molecule has 0 unspecified atom stereocenters. The van der Waals surface area contributed by atoms with E-state index in [2.05, 4.69) is 10.2 Å². The summed E-state index contributed by atoms with van der Waals surface area (Å²) in [6.07, 6.45) is 0.799. The lowest BCUT2D eigenvalue weighted by Crippen LogP contribution is -1.86. The highest BCUT2D eigenvalue weighted by Crippen LogP contribution is 2.21. The summed E-state index contributed by atoms with van der Waals surface area (Å²) in [4.78, 5) is 10.7. The van der Waals surface area contributed by atoms with Crippen molar-refractivity contribution < 1.29 is 4.79 Å². The molecular formula is C9H9N3O. The fourth-order valence-electron chi connectivity index (χ4n) is 1.41. The Morgan fingerprint density at radius 3 is 3.00 bits per heavy atom. The van der Waals surface area contributed by atoms with E-state index in [0.717, 1.165) is 17.2 Å². The third-order valence-electron chi connectivity index (χ3n) is 2.00. The number of benzene rings is 1. The molecule has 0 saturated heterocycles. The normalized spacial score (nSPS) is 10.5. The van der Waals surface area contributed by atoms with E-state index in [1.54, 1.807) is 6.07 Å². The van der Waals surface area contributed by atoms with Crippen molar-refractivity contribution in [3.8, 4) is 0 Å². The molecule has 2 aromatic rings. The van der Waals surface area contributed by atoms with E-state index in [9.17, 15) is 4.79 Å². The molecule has 0 saturated carbocycles. The van der Waals surface area contributed by atoms with Gasteiger partial charge < -0.3 is 5.73 Å². The Balaban J connectivity index is 2.91. The maximum Gasteiger partial charge on any atom is 0.153 e. The highest BCUT2D eigenvalue weighted by molar-refractivity contribution is 6.00. The van der Waals surface area contributed by atoms with Crippen LogP contribution < -0.4 is 5.73 Å². The van der Waals surface area contributed by atoms with E-state index in [1.807, 2.05) is 13.0 Å². The smallest absolute Gasteiger partial charge is 0.153 e. The number of fused-ring (bicyclic) bond motifs is 1. The number of hydrogen-bond acceptors (Lipinski definition) is 3. The number of carbonyl (C=O) groups is 1. The summed E-state index contributed by atoms with van der Waals surface area (Å²) in [6, 6.07) is 3.70. The van der Waals surface area contributed by atoms with Crippen molar-refractivity contribution >= 4 is 23.0 Å². The minimum Gasteiger partial charge on any atom is -0.382 e. The molecule has 4 heteroatoms. The van der Waals surface area contributed by atoms with Crippen LogP contribution in [0.15, 0.2) is 12.1 Å². The van der Waals surface area contributed by atoms with Crippen LogP contribution in [0.3, 0.4) is 0 Å². The minimum absolute atomic E-state index is 0.432. The number of aromatic amines is 1. The van der Waals surface area contributed by atoms with Gasteiger partial charge in [-0.15, -0.1) is 0 Å². The maximum absolute atomic E-state index is 10.7. The lowest BCUT2D eigenvalue weighted by molar-refractivity contribution is 0.112. The molecule has 0 aliphatic rings. The van der Waals surface area contributed by atoms with E-state index in [4.69, 9.17) is 5.73 Å². The van der Waals surface area contributed by atoms with Gasteiger partial charge >= 0.3 is 0 Å². The molecule has 13 heavy (non-hydrogen) atoms. The first kappa shape index (κ1) is 7.79. The van der Waals surface area contributed by atoms with Crippen LogP contribution in [0.1, 0.15) is 15.9 Å². The number of anilines is 1. The summed E-state index contributed by atoms with van der Waals surface area (Å²) in [5.41, 5.74) is 7.92. The first-order valence-electron chi connectivity index (χ1n) is 3.91. The third-order valence-corrected chi connectivity index (χ3v) is 2.00. The van der Waals surface area contributed by atoms with Gasteiger partial charge in [0.15, 0.2) is 12.1 Å². The second-order valence-corrected chi connectivity index (χ2v) is 3.00. The molecule has 0 atom stereocenters. The summed E-state index contributed by atoms with van der Waals surface area (Å²) in [6.45, 7) is 1.92. The van der Waals surface area contributed by atoms with Crippen LogP contribution in [0.5, 0.6) is 0 Å². The van der Waals surface area contributed by atoms with Crippen LogP contribution in [-0.2, 0) is 0 Å². The molecule has 1 heterocycles. The molecule has 0 radical (unpaired) electrons. The summed E-state index contributed by atoms with van der Waals surface area (Å²) in [5, 5.41) is 7.38. The first-order valence-corrected chi connectivity index (χ1v) is 3.91. The van der Waals surface area contributed by atoms with Gasteiger partial charge in [0.1, 0.15) is 0 Å². The van der Waals surface area contributed by atoms with Gasteiger partial charge in [0.2, 0.25) is 0 Å². The van der Waals surface area contributed by atoms with Gasteiger partial charge in [0, 0.05) is 10.9 Å². The first-order chi connectivity index (χ1) is 6.22. The molecular weight excluding hydrogens is 166 g/mol.